The molecule has 1 aromatic heterocycles. The SMILES string of the molecule is CCC[C@H](NC(=O)[C@@H](O)C(C)C)C(=O)Nc1ncc(-c2ccc(OCC)cc2COc2ccccc2)s1. The van der Waals surface area contributed by atoms with E-state index in [9.17, 15) is 14.7 Å². The zero-order valence-electron chi connectivity index (χ0n) is 21.7. The Morgan fingerprint density at radius 3 is 2.46 bits per heavy atom. The molecule has 8 nitrogen and oxygen atoms in total. The molecule has 0 radical (unpaired) electrons. The van der Waals surface area contributed by atoms with Crippen LogP contribution in [0.5, 0.6) is 11.5 Å². The third kappa shape index (κ3) is 8.03. The second-order valence-electron chi connectivity index (χ2n) is 8.91. The van der Waals surface area contributed by atoms with Crippen molar-refractivity contribution in [1.29, 1.82) is 0 Å². The number of hydrogen-bond acceptors (Lipinski definition) is 7. The number of aliphatic hydroxyl groups is 1. The summed E-state index contributed by atoms with van der Waals surface area (Å²) < 4.78 is 11.7. The van der Waals surface area contributed by atoms with Crippen LogP contribution < -0.4 is 20.1 Å². The van der Waals surface area contributed by atoms with E-state index in [1.165, 1.54) is 11.3 Å². The minimum absolute atomic E-state index is 0.249. The third-order valence-corrected chi connectivity index (χ3v) is 6.58. The van der Waals surface area contributed by atoms with E-state index in [0.29, 0.717) is 31.2 Å². The fourth-order valence-corrected chi connectivity index (χ4v) is 4.51. The average molecular weight is 526 g/mol. The van der Waals surface area contributed by atoms with Gasteiger partial charge in [-0.05, 0) is 49.6 Å². The Morgan fingerprint density at radius 2 is 1.78 bits per heavy atom. The summed E-state index contributed by atoms with van der Waals surface area (Å²) in [6, 6.07) is 14.6. The van der Waals surface area contributed by atoms with Crippen LogP contribution in [-0.2, 0) is 16.2 Å². The molecular formula is C28H35N3O5S. The highest BCUT2D eigenvalue weighted by Gasteiger charge is 2.26. The summed E-state index contributed by atoms with van der Waals surface area (Å²) in [4.78, 5) is 30.5. The molecule has 3 N–H and O–H groups in total. The van der Waals surface area contributed by atoms with E-state index >= 15 is 0 Å². The van der Waals surface area contributed by atoms with Crippen LogP contribution in [-0.4, -0.2) is 40.7 Å². The lowest BCUT2D eigenvalue weighted by Crippen LogP contribution is -2.48. The van der Waals surface area contributed by atoms with E-state index in [-0.39, 0.29) is 11.8 Å². The van der Waals surface area contributed by atoms with Crippen molar-refractivity contribution in [2.24, 2.45) is 5.92 Å². The summed E-state index contributed by atoms with van der Waals surface area (Å²) in [5, 5.41) is 15.9. The quantitative estimate of drug-likeness (QED) is 0.289. The maximum absolute atomic E-state index is 12.9. The molecular weight excluding hydrogens is 490 g/mol. The molecule has 198 valence electrons. The van der Waals surface area contributed by atoms with Gasteiger partial charge in [0.2, 0.25) is 11.8 Å². The van der Waals surface area contributed by atoms with Crippen LogP contribution in [0, 0.1) is 5.92 Å². The standard InChI is InChI=1S/C28H35N3O5S/c1-5-10-23(30-27(34)25(32)18(3)4)26(33)31-28-29-16-24(37-28)22-14-13-21(35-6-2)15-19(22)17-36-20-11-8-7-9-12-20/h7-9,11-16,18,23,25,32H,5-6,10,17H2,1-4H3,(H,30,34)(H,29,31,33)/t23-,25-/m0/s1. The molecule has 3 aromatic rings. The van der Waals surface area contributed by atoms with Crippen molar-refractivity contribution in [3.8, 4) is 21.9 Å². The number of aliphatic hydroxyl groups excluding tert-OH is 1. The monoisotopic (exact) mass is 525 g/mol. The van der Waals surface area contributed by atoms with Crippen molar-refractivity contribution in [2.45, 2.75) is 59.3 Å². The number of thiazole rings is 1. The molecule has 0 bridgehead atoms. The van der Waals surface area contributed by atoms with Crippen LogP contribution in [0.2, 0.25) is 0 Å². The molecule has 2 amide bonds. The fraction of sp³-hybridized carbons (Fsp3) is 0.393. The van der Waals surface area contributed by atoms with Crippen LogP contribution in [0.3, 0.4) is 0 Å². The number of aromatic nitrogens is 1. The van der Waals surface area contributed by atoms with Crippen LogP contribution in [0.15, 0.2) is 54.7 Å². The molecule has 0 aliphatic rings. The van der Waals surface area contributed by atoms with Crippen molar-refractivity contribution in [2.75, 3.05) is 11.9 Å². The second kappa shape index (κ2) is 13.8. The van der Waals surface area contributed by atoms with Gasteiger partial charge in [-0.1, -0.05) is 56.7 Å². The maximum atomic E-state index is 12.9. The number of rotatable bonds is 13. The van der Waals surface area contributed by atoms with Gasteiger partial charge < -0.3 is 25.2 Å². The molecule has 0 fully saturated rings. The molecule has 0 saturated heterocycles. The molecule has 1 heterocycles. The second-order valence-corrected chi connectivity index (χ2v) is 9.94. The van der Waals surface area contributed by atoms with Gasteiger partial charge in [-0.2, -0.15) is 0 Å². The van der Waals surface area contributed by atoms with Crippen molar-refractivity contribution in [3.05, 3.63) is 60.3 Å². The van der Waals surface area contributed by atoms with E-state index in [1.807, 2.05) is 62.4 Å². The number of benzene rings is 2. The molecule has 0 unspecified atom stereocenters. The summed E-state index contributed by atoms with van der Waals surface area (Å²) in [6.45, 7) is 8.25. The summed E-state index contributed by atoms with van der Waals surface area (Å²) in [7, 11) is 0. The number of carbonyl (C=O) groups excluding carboxylic acids is 2. The van der Waals surface area contributed by atoms with E-state index in [0.717, 1.165) is 27.5 Å². The average Bonchev–Trinajstić information content (AvgIpc) is 3.35. The molecule has 2 atom stereocenters. The van der Waals surface area contributed by atoms with E-state index in [2.05, 4.69) is 15.6 Å². The van der Waals surface area contributed by atoms with Gasteiger partial charge in [-0.15, -0.1) is 0 Å². The minimum atomic E-state index is -1.17. The predicted octanol–water partition coefficient (Wildman–Crippen LogP) is 5.03. The summed E-state index contributed by atoms with van der Waals surface area (Å²) in [5.74, 6) is 0.338. The third-order valence-electron chi connectivity index (χ3n) is 5.64. The Labute approximate surface area is 222 Å². The van der Waals surface area contributed by atoms with Gasteiger partial charge in [-0.3, -0.25) is 9.59 Å². The predicted molar refractivity (Wildman–Crippen MR) is 146 cm³/mol. The normalized spacial score (nSPS) is 12.6. The highest BCUT2D eigenvalue weighted by atomic mass is 32.1. The van der Waals surface area contributed by atoms with E-state index < -0.39 is 18.1 Å². The molecule has 0 spiro atoms. The Hall–Kier alpha value is -3.43. The number of nitrogens with zero attached hydrogens (tertiary/aromatic N) is 1. The highest BCUT2D eigenvalue weighted by Crippen LogP contribution is 2.34. The van der Waals surface area contributed by atoms with Gasteiger partial charge in [0.05, 0.1) is 11.5 Å². The van der Waals surface area contributed by atoms with Gasteiger partial charge in [-0.25, -0.2) is 4.98 Å². The number of anilines is 1. The molecule has 0 saturated carbocycles. The Balaban J connectivity index is 1.76. The van der Waals surface area contributed by atoms with Gasteiger partial charge in [0, 0.05) is 17.3 Å². The van der Waals surface area contributed by atoms with Crippen LogP contribution in [0.25, 0.3) is 10.4 Å². The summed E-state index contributed by atoms with van der Waals surface area (Å²) in [5.41, 5.74) is 1.85. The van der Waals surface area contributed by atoms with E-state index in [1.54, 1.807) is 20.0 Å². The minimum Gasteiger partial charge on any atom is -0.494 e. The maximum Gasteiger partial charge on any atom is 0.249 e. The first-order valence-electron chi connectivity index (χ1n) is 12.5. The van der Waals surface area contributed by atoms with Crippen LogP contribution >= 0.6 is 11.3 Å². The smallest absolute Gasteiger partial charge is 0.249 e. The first-order valence-corrected chi connectivity index (χ1v) is 13.3. The Morgan fingerprint density at radius 1 is 1.03 bits per heavy atom. The molecule has 0 aliphatic heterocycles. The van der Waals surface area contributed by atoms with Gasteiger partial charge in [0.1, 0.15) is 30.3 Å². The largest absolute Gasteiger partial charge is 0.494 e. The number of hydrogen-bond donors (Lipinski definition) is 3. The molecule has 0 aliphatic carbocycles. The van der Waals surface area contributed by atoms with Crippen LogP contribution in [0.4, 0.5) is 5.13 Å². The number of nitrogens with one attached hydrogen (secondary N) is 2. The van der Waals surface area contributed by atoms with Crippen molar-refractivity contribution in [3.63, 3.8) is 0 Å². The molecule has 37 heavy (non-hydrogen) atoms. The molecule has 3 rings (SSSR count). The summed E-state index contributed by atoms with van der Waals surface area (Å²) >= 11 is 1.33. The lowest BCUT2D eigenvalue weighted by molar-refractivity contribution is -0.134. The first kappa shape index (κ1) is 28.1. The van der Waals surface area contributed by atoms with Gasteiger partial charge >= 0.3 is 0 Å². The topological polar surface area (TPSA) is 110 Å². The first-order chi connectivity index (χ1) is 17.8. The number of carbonyl (C=O) groups is 2. The lowest BCUT2D eigenvalue weighted by Gasteiger charge is -2.20. The van der Waals surface area contributed by atoms with Gasteiger partial charge in [0.15, 0.2) is 5.13 Å². The Kier molecular flexibility index (Phi) is 10.5. The summed E-state index contributed by atoms with van der Waals surface area (Å²) in [6.07, 6.45) is 1.67. The lowest BCUT2D eigenvalue weighted by atomic mass is 10.1. The Bertz CT molecular complexity index is 1170. The van der Waals surface area contributed by atoms with E-state index in [4.69, 9.17) is 9.47 Å². The molecule has 2 aromatic carbocycles. The molecule has 9 heteroatoms. The number of ether oxygens (including phenoxy) is 2. The highest BCUT2D eigenvalue weighted by molar-refractivity contribution is 7.19. The van der Waals surface area contributed by atoms with Gasteiger partial charge in [0.25, 0.3) is 0 Å². The zero-order valence-corrected chi connectivity index (χ0v) is 22.5. The van der Waals surface area contributed by atoms with Crippen molar-refractivity contribution >= 4 is 28.3 Å². The fourth-order valence-electron chi connectivity index (χ4n) is 3.63. The van der Waals surface area contributed by atoms with Crippen molar-refractivity contribution < 1.29 is 24.2 Å². The number of amides is 2. The zero-order chi connectivity index (χ0) is 26.8. The van der Waals surface area contributed by atoms with Crippen molar-refractivity contribution in [1.82, 2.24) is 10.3 Å². The number of para-hydroxylation sites is 1. The van der Waals surface area contributed by atoms with Crippen LogP contribution in [0.1, 0.15) is 46.1 Å².